The van der Waals surface area contributed by atoms with E-state index in [0.29, 0.717) is 24.9 Å². The maximum Gasteiger partial charge on any atom is 0.282 e. The number of hydrogen-bond acceptors (Lipinski definition) is 4. The number of imidazole rings is 1. The van der Waals surface area contributed by atoms with Gasteiger partial charge in [0.1, 0.15) is 5.69 Å². The molecule has 9 heteroatoms. The number of aromatic nitrogens is 4. The normalized spacial score (nSPS) is 21.2. The Morgan fingerprint density at radius 2 is 1.87 bits per heavy atom. The van der Waals surface area contributed by atoms with E-state index in [2.05, 4.69) is 27.6 Å². The number of halogens is 2. The molecule has 0 bridgehead atoms. The lowest BCUT2D eigenvalue weighted by molar-refractivity contribution is 0.0769. The zero-order valence-corrected chi connectivity index (χ0v) is 17.0. The van der Waals surface area contributed by atoms with Gasteiger partial charge in [0, 0.05) is 57.8 Å². The van der Waals surface area contributed by atoms with Crippen LogP contribution in [-0.4, -0.2) is 56.3 Å². The molecule has 2 aliphatic rings. The second-order valence-electron chi connectivity index (χ2n) is 8.18. The predicted octanol–water partition coefficient (Wildman–Crippen LogP) is 2.94. The lowest BCUT2D eigenvalue weighted by Crippen LogP contribution is -2.34. The molecule has 1 aromatic carbocycles. The summed E-state index contributed by atoms with van der Waals surface area (Å²) >= 11 is 0. The average Bonchev–Trinajstić information content (AvgIpc) is 3.46. The number of benzene rings is 1. The molecule has 3 aromatic rings. The second-order valence-corrected chi connectivity index (χ2v) is 8.18. The molecule has 30 heavy (non-hydrogen) atoms. The third-order valence-corrected chi connectivity index (χ3v) is 6.30. The zero-order chi connectivity index (χ0) is 21.0. The van der Waals surface area contributed by atoms with Crippen molar-refractivity contribution in [3.8, 4) is 0 Å². The molecular formula is C21H24F2N6O. The molecule has 1 amide bonds. The molecule has 2 aliphatic heterocycles. The van der Waals surface area contributed by atoms with Crippen LogP contribution in [-0.2, 0) is 13.6 Å². The molecule has 0 radical (unpaired) electrons. The molecule has 2 atom stereocenters. The highest BCUT2D eigenvalue weighted by Crippen LogP contribution is 2.36. The minimum atomic E-state index is -2.76. The van der Waals surface area contributed by atoms with Crippen molar-refractivity contribution in [3.05, 3.63) is 41.7 Å². The molecule has 7 nitrogen and oxygen atoms in total. The van der Waals surface area contributed by atoms with E-state index in [1.807, 2.05) is 18.2 Å². The fourth-order valence-corrected chi connectivity index (χ4v) is 4.94. The molecule has 2 fully saturated rings. The van der Waals surface area contributed by atoms with Crippen LogP contribution in [0.4, 0.5) is 14.7 Å². The Hall–Kier alpha value is -2.97. The Morgan fingerprint density at radius 3 is 2.53 bits per heavy atom. The summed E-state index contributed by atoms with van der Waals surface area (Å²) in [5, 5.41) is 3.77. The van der Waals surface area contributed by atoms with E-state index < -0.39 is 12.1 Å². The number of rotatable bonds is 4. The van der Waals surface area contributed by atoms with E-state index in [-0.39, 0.29) is 11.5 Å². The number of alkyl halides is 2. The Bertz CT molecular complexity index is 1090. The third-order valence-electron chi connectivity index (χ3n) is 6.30. The number of likely N-dealkylation sites (tertiary alicyclic amines) is 1. The van der Waals surface area contributed by atoms with Gasteiger partial charge in [0.25, 0.3) is 12.3 Å². The summed E-state index contributed by atoms with van der Waals surface area (Å²) in [7, 11) is 1.55. The molecule has 158 valence electrons. The highest BCUT2D eigenvalue weighted by atomic mass is 19.3. The van der Waals surface area contributed by atoms with Gasteiger partial charge in [0.05, 0.1) is 16.6 Å². The number of nitrogens with zero attached hydrogens (tertiary/aromatic N) is 6. The van der Waals surface area contributed by atoms with Crippen molar-refractivity contribution >= 4 is 22.9 Å². The molecular weight excluding hydrogens is 390 g/mol. The first-order valence-corrected chi connectivity index (χ1v) is 10.3. The second kappa shape index (κ2) is 7.07. The summed E-state index contributed by atoms with van der Waals surface area (Å²) in [4.78, 5) is 21.7. The quantitative estimate of drug-likeness (QED) is 0.659. The maximum absolute atomic E-state index is 13.3. The summed E-state index contributed by atoms with van der Waals surface area (Å²) in [6, 6.07) is 8.12. The molecule has 2 unspecified atom stereocenters. The minimum Gasteiger partial charge on any atom is -0.342 e. The smallest absolute Gasteiger partial charge is 0.282 e. The van der Waals surface area contributed by atoms with E-state index in [1.165, 1.54) is 10.9 Å². The summed E-state index contributed by atoms with van der Waals surface area (Å²) < 4.78 is 30.0. The first kappa shape index (κ1) is 19.0. The number of carbonyl (C=O) groups is 1. The lowest BCUT2D eigenvalue weighted by atomic mass is 10.0. The van der Waals surface area contributed by atoms with Crippen LogP contribution >= 0.6 is 0 Å². The van der Waals surface area contributed by atoms with Crippen molar-refractivity contribution in [1.29, 1.82) is 0 Å². The summed E-state index contributed by atoms with van der Waals surface area (Å²) in [6.45, 7) is 5.72. The summed E-state index contributed by atoms with van der Waals surface area (Å²) in [5.41, 5.74) is 1.69. The first-order valence-electron chi connectivity index (χ1n) is 10.3. The lowest BCUT2D eigenvalue weighted by Gasteiger charge is -2.23. The molecule has 2 saturated heterocycles. The van der Waals surface area contributed by atoms with Crippen LogP contribution in [0.5, 0.6) is 0 Å². The van der Waals surface area contributed by atoms with Gasteiger partial charge in [0.2, 0.25) is 5.95 Å². The number of hydrogen-bond donors (Lipinski definition) is 0. The molecule has 2 aromatic heterocycles. The Kier molecular flexibility index (Phi) is 4.48. The van der Waals surface area contributed by atoms with Crippen molar-refractivity contribution in [2.24, 2.45) is 18.9 Å². The van der Waals surface area contributed by atoms with Gasteiger partial charge in [-0.15, -0.1) is 0 Å². The highest BCUT2D eigenvalue weighted by Gasteiger charge is 2.43. The van der Waals surface area contributed by atoms with Crippen molar-refractivity contribution in [3.63, 3.8) is 0 Å². The minimum absolute atomic E-state index is 0.0112. The molecule has 0 saturated carbocycles. The van der Waals surface area contributed by atoms with Gasteiger partial charge in [-0.1, -0.05) is 12.1 Å². The van der Waals surface area contributed by atoms with Crippen molar-refractivity contribution in [1.82, 2.24) is 24.2 Å². The molecule has 0 aliphatic carbocycles. The molecule has 0 spiro atoms. The Labute approximate surface area is 172 Å². The number of para-hydroxylation sites is 2. The summed E-state index contributed by atoms with van der Waals surface area (Å²) in [6.07, 6.45) is -1.36. The monoisotopic (exact) mass is 414 g/mol. The van der Waals surface area contributed by atoms with Gasteiger partial charge >= 0.3 is 0 Å². The largest absolute Gasteiger partial charge is 0.342 e. The van der Waals surface area contributed by atoms with Crippen molar-refractivity contribution < 1.29 is 13.6 Å². The van der Waals surface area contributed by atoms with E-state index in [1.54, 1.807) is 11.9 Å². The number of fused-ring (bicyclic) bond motifs is 2. The van der Waals surface area contributed by atoms with Gasteiger partial charge in [-0.3, -0.25) is 9.48 Å². The van der Waals surface area contributed by atoms with Gasteiger partial charge in [-0.2, -0.15) is 5.10 Å². The fourth-order valence-electron chi connectivity index (χ4n) is 4.94. The van der Waals surface area contributed by atoms with Crippen molar-refractivity contribution in [2.45, 2.75) is 19.9 Å². The van der Waals surface area contributed by atoms with Crippen LogP contribution in [0, 0.1) is 11.8 Å². The predicted molar refractivity (Wildman–Crippen MR) is 109 cm³/mol. The first-order chi connectivity index (χ1) is 14.5. The Morgan fingerprint density at radius 1 is 1.17 bits per heavy atom. The van der Waals surface area contributed by atoms with Crippen LogP contribution in [0.25, 0.3) is 11.0 Å². The van der Waals surface area contributed by atoms with Crippen molar-refractivity contribution in [2.75, 3.05) is 31.1 Å². The van der Waals surface area contributed by atoms with E-state index in [9.17, 15) is 13.6 Å². The topological polar surface area (TPSA) is 59.2 Å². The fraction of sp³-hybridized carbons (Fsp3) is 0.476. The molecule has 0 N–H and O–H groups in total. The van der Waals surface area contributed by atoms with E-state index >= 15 is 0 Å². The Balaban J connectivity index is 1.33. The van der Waals surface area contributed by atoms with Crippen LogP contribution in [0.2, 0.25) is 0 Å². The number of aryl methyl sites for hydroxylation is 2. The van der Waals surface area contributed by atoms with Gasteiger partial charge in [-0.05, 0) is 19.1 Å². The van der Waals surface area contributed by atoms with Crippen LogP contribution < -0.4 is 4.90 Å². The highest BCUT2D eigenvalue weighted by molar-refractivity contribution is 5.95. The number of amides is 1. The average molecular weight is 414 g/mol. The number of carbonyl (C=O) groups excluding carboxylic acids is 1. The van der Waals surface area contributed by atoms with Crippen LogP contribution in [0.3, 0.4) is 0 Å². The standard InChI is InChI=1S/C21H24F2N6O/c1-3-29-17-7-5-4-6-16(17)24-21(29)28-10-13-8-27(9-14(13)11-28)20(30)15-12-26(2)25-18(15)19(22)23/h4-7,12-14,19H,3,8-11H2,1-2H3. The molecule has 5 rings (SSSR count). The van der Waals surface area contributed by atoms with E-state index in [0.717, 1.165) is 36.6 Å². The molecule has 4 heterocycles. The third kappa shape index (κ3) is 2.95. The number of anilines is 1. The van der Waals surface area contributed by atoms with Gasteiger partial charge in [0.15, 0.2) is 0 Å². The van der Waals surface area contributed by atoms with Gasteiger partial charge < -0.3 is 14.4 Å². The van der Waals surface area contributed by atoms with Crippen LogP contribution in [0.1, 0.15) is 29.4 Å². The maximum atomic E-state index is 13.3. The van der Waals surface area contributed by atoms with E-state index in [4.69, 9.17) is 4.98 Å². The van der Waals surface area contributed by atoms with Crippen LogP contribution in [0.15, 0.2) is 30.5 Å². The SMILES string of the molecule is CCn1c(N2CC3CN(C(=O)c4cn(C)nc4C(F)F)CC3C2)nc2ccccc21. The summed E-state index contributed by atoms with van der Waals surface area (Å²) in [5.74, 6) is 1.25. The zero-order valence-electron chi connectivity index (χ0n) is 17.0. The van der Waals surface area contributed by atoms with Gasteiger partial charge in [-0.25, -0.2) is 13.8 Å².